The van der Waals surface area contributed by atoms with Crippen molar-refractivity contribution in [3.8, 4) is 0 Å². The van der Waals surface area contributed by atoms with E-state index in [4.69, 9.17) is 0 Å². The molecule has 0 saturated carbocycles. The van der Waals surface area contributed by atoms with Crippen LogP contribution in [0.25, 0.3) is 5.57 Å². The van der Waals surface area contributed by atoms with Gasteiger partial charge in [-0.05, 0) is 31.4 Å². The minimum absolute atomic E-state index is 0.250. The lowest BCUT2D eigenvalue weighted by Crippen LogP contribution is -1.91. The van der Waals surface area contributed by atoms with Crippen molar-refractivity contribution in [3.05, 3.63) is 42.0 Å². The lowest BCUT2D eigenvalue weighted by molar-refractivity contribution is -0.116. The maximum absolute atomic E-state index is 10.9. The van der Waals surface area contributed by atoms with Crippen molar-refractivity contribution in [1.29, 1.82) is 0 Å². The fourth-order valence-electron chi connectivity index (χ4n) is 1.42. The summed E-state index contributed by atoms with van der Waals surface area (Å²) in [4.78, 5) is 10.9. The summed E-state index contributed by atoms with van der Waals surface area (Å²) in [5.41, 5.74) is 2.47. The van der Waals surface area contributed by atoms with Crippen molar-refractivity contribution >= 4 is 11.4 Å². The van der Waals surface area contributed by atoms with Crippen LogP contribution in [0.4, 0.5) is 0 Å². The van der Waals surface area contributed by atoms with Crippen molar-refractivity contribution in [2.45, 2.75) is 26.7 Å². The predicted octanol–water partition coefficient (Wildman–Crippen LogP) is 3.46. The summed E-state index contributed by atoms with van der Waals surface area (Å²) in [5, 5.41) is 0. The third-order valence-corrected chi connectivity index (χ3v) is 2.24. The van der Waals surface area contributed by atoms with E-state index >= 15 is 0 Å². The van der Waals surface area contributed by atoms with Crippen molar-refractivity contribution < 1.29 is 4.79 Å². The molecule has 0 fully saturated rings. The molecule has 0 spiro atoms. The summed E-state index contributed by atoms with van der Waals surface area (Å²) >= 11 is 0. The van der Waals surface area contributed by atoms with Gasteiger partial charge in [0.1, 0.15) is 5.78 Å². The molecule has 0 aliphatic rings. The molecular formula is C13H16O. The molecule has 0 unspecified atom stereocenters. The molecule has 0 aliphatic heterocycles. The van der Waals surface area contributed by atoms with Crippen molar-refractivity contribution in [2.75, 3.05) is 0 Å². The Morgan fingerprint density at radius 1 is 1.21 bits per heavy atom. The fourth-order valence-corrected chi connectivity index (χ4v) is 1.42. The third kappa shape index (κ3) is 3.17. The highest BCUT2D eigenvalue weighted by molar-refractivity contribution is 5.78. The Labute approximate surface area is 85.5 Å². The van der Waals surface area contributed by atoms with Crippen LogP contribution in [0.3, 0.4) is 0 Å². The second kappa shape index (κ2) is 5.38. The fraction of sp³-hybridized carbons (Fsp3) is 0.308. The van der Waals surface area contributed by atoms with Crippen LogP contribution in [-0.2, 0) is 4.79 Å². The number of hydrogen-bond donors (Lipinski definition) is 0. The Kier molecular flexibility index (Phi) is 4.11. The summed E-state index contributed by atoms with van der Waals surface area (Å²) in [6.07, 6.45) is 3.56. The van der Waals surface area contributed by atoms with E-state index in [1.165, 1.54) is 11.1 Å². The van der Waals surface area contributed by atoms with E-state index in [9.17, 15) is 4.79 Å². The molecular weight excluding hydrogens is 172 g/mol. The van der Waals surface area contributed by atoms with E-state index < -0.39 is 0 Å². The molecule has 0 N–H and O–H groups in total. The zero-order valence-corrected chi connectivity index (χ0v) is 8.79. The molecule has 0 aliphatic carbocycles. The summed E-state index contributed by atoms with van der Waals surface area (Å²) in [7, 11) is 0. The molecule has 1 aromatic rings. The van der Waals surface area contributed by atoms with E-state index in [2.05, 4.69) is 18.2 Å². The van der Waals surface area contributed by atoms with E-state index in [0.717, 1.165) is 6.42 Å². The van der Waals surface area contributed by atoms with E-state index in [1.54, 1.807) is 6.92 Å². The minimum atomic E-state index is 0.250. The first kappa shape index (κ1) is 10.7. The molecule has 1 aromatic carbocycles. The number of carbonyl (C=O) groups excluding carboxylic acids is 1. The zero-order chi connectivity index (χ0) is 10.4. The van der Waals surface area contributed by atoms with Gasteiger partial charge < -0.3 is 4.79 Å². The standard InChI is InChI=1S/C13H16O/c1-3-12(10-9-11(2)14)13-7-5-4-6-8-13/h3-8H,9-10H2,1-2H3/b12-3-. The number of hydrogen-bond acceptors (Lipinski definition) is 1. The first-order valence-corrected chi connectivity index (χ1v) is 4.94. The molecule has 74 valence electrons. The molecule has 14 heavy (non-hydrogen) atoms. The number of carbonyl (C=O) groups is 1. The van der Waals surface area contributed by atoms with E-state index in [0.29, 0.717) is 6.42 Å². The van der Waals surface area contributed by atoms with Gasteiger partial charge in [0.15, 0.2) is 0 Å². The minimum Gasteiger partial charge on any atom is -0.300 e. The quantitative estimate of drug-likeness (QED) is 0.707. The first-order valence-electron chi connectivity index (χ1n) is 4.94. The summed E-state index contributed by atoms with van der Waals surface area (Å²) in [6, 6.07) is 10.2. The molecule has 0 atom stereocenters. The van der Waals surface area contributed by atoms with Crippen molar-refractivity contribution in [3.63, 3.8) is 0 Å². The molecule has 1 nitrogen and oxygen atoms in total. The topological polar surface area (TPSA) is 17.1 Å². The van der Waals surface area contributed by atoms with Gasteiger partial charge in [-0.3, -0.25) is 0 Å². The van der Waals surface area contributed by atoms with Gasteiger partial charge in [-0.2, -0.15) is 0 Å². The largest absolute Gasteiger partial charge is 0.300 e. The maximum atomic E-state index is 10.9. The molecule has 0 heterocycles. The predicted molar refractivity (Wildman–Crippen MR) is 60.0 cm³/mol. The Morgan fingerprint density at radius 3 is 2.36 bits per heavy atom. The smallest absolute Gasteiger partial charge is 0.130 e. The Balaban J connectivity index is 2.69. The molecule has 0 radical (unpaired) electrons. The van der Waals surface area contributed by atoms with Gasteiger partial charge in [0.25, 0.3) is 0 Å². The average molecular weight is 188 g/mol. The van der Waals surface area contributed by atoms with Gasteiger partial charge in [-0.25, -0.2) is 0 Å². The summed E-state index contributed by atoms with van der Waals surface area (Å²) in [6.45, 7) is 3.65. The highest BCUT2D eigenvalue weighted by Gasteiger charge is 2.01. The van der Waals surface area contributed by atoms with E-state index in [-0.39, 0.29) is 5.78 Å². The molecule has 0 saturated heterocycles. The number of ketones is 1. The van der Waals surface area contributed by atoms with Crippen LogP contribution in [0.5, 0.6) is 0 Å². The second-order valence-corrected chi connectivity index (χ2v) is 3.38. The Hall–Kier alpha value is -1.37. The van der Waals surface area contributed by atoms with Crippen LogP contribution in [-0.4, -0.2) is 5.78 Å². The Bertz CT molecular complexity index is 322. The number of rotatable bonds is 4. The van der Waals surface area contributed by atoms with Gasteiger partial charge in [0.2, 0.25) is 0 Å². The van der Waals surface area contributed by atoms with Crippen LogP contribution in [0, 0.1) is 0 Å². The third-order valence-electron chi connectivity index (χ3n) is 2.24. The van der Waals surface area contributed by atoms with Gasteiger partial charge in [-0.1, -0.05) is 36.4 Å². The highest BCUT2D eigenvalue weighted by Crippen LogP contribution is 2.19. The highest BCUT2D eigenvalue weighted by atomic mass is 16.1. The van der Waals surface area contributed by atoms with E-state index in [1.807, 2.05) is 25.1 Å². The molecule has 0 amide bonds. The molecule has 1 rings (SSSR count). The average Bonchev–Trinajstić information content (AvgIpc) is 2.20. The number of allylic oxidation sites excluding steroid dienone is 2. The lowest BCUT2D eigenvalue weighted by Gasteiger charge is -2.05. The number of benzene rings is 1. The van der Waals surface area contributed by atoms with Gasteiger partial charge in [0.05, 0.1) is 0 Å². The monoisotopic (exact) mass is 188 g/mol. The Morgan fingerprint density at radius 2 is 1.86 bits per heavy atom. The maximum Gasteiger partial charge on any atom is 0.130 e. The number of Topliss-reactive ketones (excluding diaryl/α,β-unsaturated/α-hetero) is 1. The first-order chi connectivity index (χ1) is 6.74. The normalized spacial score (nSPS) is 11.4. The summed E-state index contributed by atoms with van der Waals surface area (Å²) in [5.74, 6) is 0.250. The van der Waals surface area contributed by atoms with Crippen LogP contribution >= 0.6 is 0 Å². The second-order valence-electron chi connectivity index (χ2n) is 3.38. The lowest BCUT2D eigenvalue weighted by atomic mass is 10.0. The van der Waals surface area contributed by atoms with Crippen LogP contribution in [0.15, 0.2) is 36.4 Å². The van der Waals surface area contributed by atoms with Crippen molar-refractivity contribution in [2.24, 2.45) is 0 Å². The van der Waals surface area contributed by atoms with Crippen molar-refractivity contribution in [1.82, 2.24) is 0 Å². The molecule has 0 bridgehead atoms. The van der Waals surface area contributed by atoms with Gasteiger partial charge in [0, 0.05) is 6.42 Å². The van der Waals surface area contributed by atoms with Crippen LogP contribution in [0.2, 0.25) is 0 Å². The molecule has 1 heteroatoms. The summed E-state index contributed by atoms with van der Waals surface area (Å²) < 4.78 is 0. The zero-order valence-electron chi connectivity index (χ0n) is 8.79. The SMILES string of the molecule is C/C=C(/CCC(C)=O)c1ccccc1. The molecule has 0 aromatic heterocycles. The van der Waals surface area contributed by atoms with Crippen LogP contribution in [0.1, 0.15) is 32.3 Å². The van der Waals surface area contributed by atoms with Gasteiger partial charge in [-0.15, -0.1) is 0 Å². The van der Waals surface area contributed by atoms with Crippen LogP contribution < -0.4 is 0 Å². The van der Waals surface area contributed by atoms with Gasteiger partial charge >= 0.3 is 0 Å².